The van der Waals surface area contributed by atoms with E-state index in [1.54, 1.807) is 0 Å². The molecule has 0 bridgehead atoms. The van der Waals surface area contributed by atoms with Gasteiger partial charge in [0.2, 0.25) is 5.91 Å². The fourth-order valence-corrected chi connectivity index (χ4v) is 15.5. The Morgan fingerprint density at radius 1 is 0.533 bits per heavy atom. The van der Waals surface area contributed by atoms with E-state index < -0.39 is 16.3 Å². The minimum Gasteiger partial charge on any atom is -0.382 e. The highest BCUT2D eigenvalue weighted by atomic mass is 28.3. The number of hydrogen-bond donors (Lipinski definition) is 1. The lowest BCUT2D eigenvalue weighted by Gasteiger charge is -2.36. The highest BCUT2D eigenvalue weighted by Gasteiger charge is 2.38. The van der Waals surface area contributed by atoms with Gasteiger partial charge in [-0.15, -0.1) is 0 Å². The zero-order valence-electron chi connectivity index (χ0n) is 21.8. The van der Waals surface area contributed by atoms with E-state index in [4.69, 9.17) is 0 Å². The summed E-state index contributed by atoms with van der Waals surface area (Å²) in [6, 6.07) is 8.99. The predicted molar refractivity (Wildman–Crippen MR) is 143 cm³/mol. The molecule has 1 amide bonds. The molecule has 0 aliphatic rings. The zero-order valence-corrected chi connectivity index (χ0v) is 23.8. The number of hydrogen-bond acceptors (Lipinski definition) is 1. The van der Waals surface area contributed by atoms with Crippen molar-refractivity contribution in [3.05, 3.63) is 0 Å². The molecule has 0 aliphatic carbocycles. The van der Waals surface area contributed by atoms with E-state index in [1.807, 2.05) is 0 Å². The number of unbranched alkanes of at least 4 members (excludes halogenated alkanes) is 6. The second kappa shape index (κ2) is 18.5. The maximum absolute atomic E-state index is 13.6. The normalized spacial score (nSPS) is 12.3. The van der Waals surface area contributed by atoms with Crippen molar-refractivity contribution in [1.29, 1.82) is 0 Å². The first kappa shape index (κ1) is 29.9. The third-order valence-electron chi connectivity index (χ3n) is 7.15. The standard InChI is InChI=1S/C26H57NOSi2/c1-7-13-19-29(20-14-8-2,21-15-9-3)25-26(28)27-30(22-16-10-4,23-17-11-5)24-18-12-6/h7-25H2,1-6H3,(H,27,28). The van der Waals surface area contributed by atoms with Crippen LogP contribution in [0.15, 0.2) is 0 Å². The van der Waals surface area contributed by atoms with E-state index in [1.165, 1.54) is 113 Å². The summed E-state index contributed by atoms with van der Waals surface area (Å²) in [5.41, 5.74) is 0. The Balaban J connectivity index is 5.50. The Bertz CT molecular complexity index is 334. The molecule has 0 fully saturated rings. The molecule has 180 valence electrons. The van der Waals surface area contributed by atoms with Gasteiger partial charge in [-0.3, -0.25) is 4.79 Å². The summed E-state index contributed by atoms with van der Waals surface area (Å²) in [4.78, 5) is 17.5. The molecular weight excluding hydrogens is 398 g/mol. The molecule has 0 unspecified atom stereocenters. The van der Waals surface area contributed by atoms with Crippen molar-refractivity contribution in [2.45, 2.75) is 161 Å². The van der Waals surface area contributed by atoms with Crippen molar-refractivity contribution >= 4 is 22.2 Å². The second-order valence-electron chi connectivity index (χ2n) is 10.1. The van der Waals surface area contributed by atoms with Gasteiger partial charge in [-0.05, 0) is 18.1 Å². The van der Waals surface area contributed by atoms with Crippen LogP contribution >= 0.6 is 0 Å². The third-order valence-corrected chi connectivity index (χ3v) is 17.2. The second-order valence-corrected chi connectivity index (χ2v) is 19.3. The Kier molecular flexibility index (Phi) is 18.4. The number of rotatable bonds is 21. The quantitative estimate of drug-likeness (QED) is 0.172. The smallest absolute Gasteiger partial charge is 0.209 e. The molecule has 0 saturated heterocycles. The van der Waals surface area contributed by atoms with Crippen LogP contribution in [0.2, 0.25) is 42.3 Å². The fraction of sp³-hybridized carbons (Fsp3) is 0.962. The van der Waals surface area contributed by atoms with Gasteiger partial charge < -0.3 is 4.98 Å². The van der Waals surface area contributed by atoms with Crippen molar-refractivity contribution in [3.8, 4) is 0 Å². The van der Waals surface area contributed by atoms with Crippen molar-refractivity contribution in [3.63, 3.8) is 0 Å². The molecule has 0 aromatic heterocycles. The Morgan fingerprint density at radius 2 is 0.833 bits per heavy atom. The lowest BCUT2D eigenvalue weighted by Crippen LogP contribution is -2.55. The van der Waals surface area contributed by atoms with Crippen LogP contribution in [0.3, 0.4) is 0 Å². The van der Waals surface area contributed by atoms with Gasteiger partial charge in [0.15, 0.2) is 8.24 Å². The monoisotopic (exact) mass is 455 g/mol. The zero-order chi connectivity index (χ0) is 22.7. The largest absolute Gasteiger partial charge is 0.382 e. The molecule has 0 heterocycles. The van der Waals surface area contributed by atoms with Gasteiger partial charge in [0.1, 0.15) is 0 Å². The van der Waals surface area contributed by atoms with E-state index in [-0.39, 0.29) is 0 Å². The number of carbonyl (C=O) groups is 1. The predicted octanol–water partition coefficient (Wildman–Crippen LogP) is 9.30. The maximum Gasteiger partial charge on any atom is 0.209 e. The highest BCUT2D eigenvalue weighted by molar-refractivity contribution is 6.84. The summed E-state index contributed by atoms with van der Waals surface area (Å²) in [6.07, 6.45) is 15.5. The molecule has 1 N–H and O–H groups in total. The number of nitrogens with one attached hydrogen (secondary N) is 1. The third kappa shape index (κ3) is 12.7. The minimum absolute atomic E-state index is 0.472. The lowest BCUT2D eigenvalue weighted by molar-refractivity contribution is -0.117. The molecule has 2 nitrogen and oxygen atoms in total. The van der Waals surface area contributed by atoms with Crippen LogP contribution in [-0.2, 0) is 4.79 Å². The van der Waals surface area contributed by atoms with Gasteiger partial charge in [0, 0.05) is 6.04 Å². The summed E-state index contributed by atoms with van der Waals surface area (Å²) < 4.78 is 0. The van der Waals surface area contributed by atoms with E-state index in [0.29, 0.717) is 5.91 Å². The molecule has 0 rings (SSSR count). The molecule has 4 heteroatoms. The number of carbonyl (C=O) groups excluding carboxylic acids is 1. The maximum atomic E-state index is 13.6. The molecule has 0 aromatic carbocycles. The van der Waals surface area contributed by atoms with Crippen molar-refractivity contribution in [2.75, 3.05) is 0 Å². The number of amides is 1. The average Bonchev–Trinajstić information content (AvgIpc) is 2.75. The molecule has 0 spiro atoms. The Hall–Kier alpha value is -0.0962. The summed E-state index contributed by atoms with van der Waals surface area (Å²) in [7, 11) is -3.20. The molecule has 30 heavy (non-hydrogen) atoms. The molecule has 0 atom stereocenters. The summed E-state index contributed by atoms with van der Waals surface area (Å²) in [6.45, 7) is 13.9. The van der Waals surface area contributed by atoms with Crippen LogP contribution in [0.5, 0.6) is 0 Å². The van der Waals surface area contributed by atoms with Crippen LogP contribution in [0, 0.1) is 0 Å². The SMILES string of the molecule is CCCC[Si](CCCC)(CCCC)CC(=O)N[Si](CCCC)(CCCC)CCCC. The first-order valence-corrected chi connectivity index (χ1v) is 19.2. The van der Waals surface area contributed by atoms with Gasteiger partial charge in [0.05, 0.1) is 8.07 Å². The summed E-state index contributed by atoms with van der Waals surface area (Å²) in [5.74, 6) is 0.472. The van der Waals surface area contributed by atoms with Gasteiger partial charge >= 0.3 is 0 Å². The molecule has 0 radical (unpaired) electrons. The minimum atomic E-state index is -1.69. The fourth-order valence-electron chi connectivity index (χ4n) is 5.08. The summed E-state index contributed by atoms with van der Waals surface area (Å²) >= 11 is 0. The molecular formula is C26H57NOSi2. The van der Waals surface area contributed by atoms with E-state index >= 15 is 0 Å². The van der Waals surface area contributed by atoms with Gasteiger partial charge in [-0.1, -0.05) is 137 Å². The molecule has 0 aromatic rings. The van der Waals surface area contributed by atoms with Crippen LogP contribution in [0.4, 0.5) is 0 Å². The Morgan fingerprint density at radius 3 is 1.13 bits per heavy atom. The van der Waals surface area contributed by atoms with Crippen molar-refractivity contribution in [2.24, 2.45) is 0 Å². The van der Waals surface area contributed by atoms with Crippen molar-refractivity contribution < 1.29 is 4.79 Å². The van der Waals surface area contributed by atoms with Crippen LogP contribution in [0.1, 0.15) is 119 Å². The van der Waals surface area contributed by atoms with Crippen LogP contribution in [-0.4, -0.2) is 22.2 Å². The first-order chi connectivity index (χ1) is 14.5. The van der Waals surface area contributed by atoms with Crippen molar-refractivity contribution in [1.82, 2.24) is 4.98 Å². The van der Waals surface area contributed by atoms with Crippen LogP contribution in [0.25, 0.3) is 0 Å². The average molecular weight is 456 g/mol. The van der Waals surface area contributed by atoms with E-state index in [9.17, 15) is 4.79 Å². The topological polar surface area (TPSA) is 29.1 Å². The molecule has 0 aliphatic heterocycles. The lowest BCUT2D eigenvalue weighted by atomic mass is 10.4. The summed E-state index contributed by atoms with van der Waals surface area (Å²) in [5, 5.41) is 0. The van der Waals surface area contributed by atoms with E-state index in [0.717, 1.165) is 6.04 Å². The van der Waals surface area contributed by atoms with Crippen LogP contribution < -0.4 is 4.98 Å². The highest BCUT2D eigenvalue weighted by Crippen LogP contribution is 2.33. The van der Waals surface area contributed by atoms with Gasteiger partial charge in [-0.2, -0.15) is 0 Å². The Labute approximate surface area is 192 Å². The van der Waals surface area contributed by atoms with E-state index in [2.05, 4.69) is 46.5 Å². The van der Waals surface area contributed by atoms with Gasteiger partial charge in [-0.25, -0.2) is 0 Å². The molecule has 0 saturated carbocycles. The first-order valence-electron chi connectivity index (χ1n) is 13.8. The van der Waals surface area contributed by atoms with Gasteiger partial charge in [0.25, 0.3) is 0 Å².